The molecule has 1 atom stereocenters. The third-order valence-electron chi connectivity index (χ3n) is 3.31. The van der Waals surface area contributed by atoms with Crippen molar-refractivity contribution in [3.63, 3.8) is 0 Å². The van der Waals surface area contributed by atoms with Gasteiger partial charge in [0.05, 0.1) is 0 Å². The maximum Gasteiger partial charge on any atom is 0.205 e. The van der Waals surface area contributed by atoms with E-state index >= 15 is 0 Å². The highest BCUT2D eigenvalue weighted by atomic mass is 32.1. The van der Waals surface area contributed by atoms with Crippen molar-refractivity contribution in [2.75, 3.05) is 25.0 Å². The second-order valence-corrected chi connectivity index (χ2v) is 6.39. The molecule has 0 saturated carbocycles. The minimum Gasteiger partial charge on any atom is -0.356 e. The van der Waals surface area contributed by atoms with E-state index in [1.165, 1.54) is 32.4 Å². The molecule has 1 fully saturated rings. The lowest BCUT2D eigenvalue weighted by Gasteiger charge is -2.32. The van der Waals surface area contributed by atoms with Gasteiger partial charge in [-0.05, 0) is 32.4 Å². The Kier molecular flexibility index (Phi) is 4.95. The third-order valence-corrected chi connectivity index (χ3v) is 4.46. The second-order valence-electron chi connectivity index (χ2n) is 5.38. The molecule has 5 heteroatoms. The number of nitrogens with zero attached hydrogens (tertiary/aromatic N) is 3. The van der Waals surface area contributed by atoms with Crippen molar-refractivity contribution in [2.24, 2.45) is 0 Å². The van der Waals surface area contributed by atoms with Crippen molar-refractivity contribution in [3.05, 3.63) is 5.01 Å². The van der Waals surface area contributed by atoms with Crippen molar-refractivity contribution in [1.82, 2.24) is 15.1 Å². The number of nitrogens with one attached hydrogen (secondary N) is 1. The Labute approximate surface area is 114 Å². The normalized spacial score (nSPS) is 21.4. The number of anilines is 1. The summed E-state index contributed by atoms with van der Waals surface area (Å²) in [6, 6.07) is 0.540. The Hall–Kier alpha value is -0.680. The van der Waals surface area contributed by atoms with Crippen LogP contribution in [0.4, 0.5) is 5.13 Å². The molecule has 1 aliphatic rings. The summed E-state index contributed by atoms with van der Waals surface area (Å²) in [5.74, 6) is 0.473. The Bertz CT molecular complexity index is 362. The lowest BCUT2D eigenvalue weighted by molar-refractivity contribution is 0.217. The smallest absolute Gasteiger partial charge is 0.205 e. The molecule has 0 amide bonds. The van der Waals surface area contributed by atoms with Crippen molar-refractivity contribution in [3.8, 4) is 0 Å². The minimum absolute atomic E-state index is 0.473. The quantitative estimate of drug-likeness (QED) is 0.891. The summed E-state index contributed by atoms with van der Waals surface area (Å²) in [5, 5.41) is 14.1. The predicted molar refractivity (Wildman–Crippen MR) is 77.4 cm³/mol. The molecule has 1 aromatic rings. The van der Waals surface area contributed by atoms with E-state index in [0.717, 1.165) is 16.7 Å². The van der Waals surface area contributed by atoms with Crippen LogP contribution in [0.15, 0.2) is 0 Å². The molecular formula is C13H24N4S. The second kappa shape index (κ2) is 6.48. The van der Waals surface area contributed by atoms with E-state index in [-0.39, 0.29) is 0 Å². The fraction of sp³-hybridized carbons (Fsp3) is 0.846. The van der Waals surface area contributed by atoms with Crippen molar-refractivity contribution in [2.45, 2.75) is 52.0 Å². The van der Waals surface area contributed by atoms with Crippen LogP contribution >= 0.6 is 11.3 Å². The highest BCUT2D eigenvalue weighted by molar-refractivity contribution is 7.15. The molecule has 0 bridgehead atoms. The van der Waals surface area contributed by atoms with Gasteiger partial charge < -0.3 is 10.2 Å². The van der Waals surface area contributed by atoms with Crippen molar-refractivity contribution >= 4 is 16.5 Å². The van der Waals surface area contributed by atoms with E-state index < -0.39 is 0 Å². The van der Waals surface area contributed by atoms with Gasteiger partial charge in [0, 0.05) is 18.5 Å². The standard InChI is InChI=1S/C13H24N4S/c1-4-7-17-8-5-6-11(9-17)14-13-16-15-12(18-13)10(2)3/h10-11H,4-9H2,1-3H3,(H,14,16)/t11-/m0/s1. The zero-order valence-corrected chi connectivity index (χ0v) is 12.5. The van der Waals surface area contributed by atoms with Gasteiger partial charge in [0.25, 0.3) is 0 Å². The van der Waals surface area contributed by atoms with Crippen molar-refractivity contribution in [1.29, 1.82) is 0 Å². The maximum atomic E-state index is 4.24. The first kappa shape index (κ1) is 13.7. The molecule has 0 unspecified atom stereocenters. The third kappa shape index (κ3) is 3.65. The molecule has 0 radical (unpaired) electrons. The van der Waals surface area contributed by atoms with Gasteiger partial charge in [-0.3, -0.25) is 0 Å². The molecule has 2 rings (SSSR count). The Morgan fingerprint density at radius 2 is 2.28 bits per heavy atom. The van der Waals surface area contributed by atoms with E-state index in [1.54, 1.807) is 11.3 Å². The van der Waals surface area contributed by atoms with Gasteiger partial charge in [0.2, 0.25) is 5.13 Å². The summed E-state index contributed by atoms with van der Waals surface area (Å²) in [4.78, 5) is 2.55. The lowest BCUT2D eigenvalue weighted by Crippen LogP contribution is -2.42. The number of piperidine rings is 1. The van der Waals surface area contributed by atoms with Crippen LogP contribution in [0.25, 0.3) is 0 Å². The first-order chi connectivity index (χ1) is 8.69. The highest BCUT2D eigenvalue weighted by Crippen LogP contribution is 2.24. The van der Waals surface area contributed by atoms with Crippen LogP contribution in [0.1, 0.15) is 51.0 Å². The Morgan fingerprint density at radius 3 is 2.94 bits per heavy atom. The number of aromatic nitrogens is 2. The average molecular weight is 268 g/mol. The van der Waals surface area contributed by atoms with Crippen LogP contribution in [0.3, 0.4) is 0 Å². The van der Waals surface area contributed by atoms with Crippen molar-refractivity contribution < 1.29 is 0 Å². The summed E-state index contributed by atoms with van der Waals surface area (Å²) < 4.78 is 0. The fourth-order valence-electron chi connectivity index (χ4n) is 2.39. The van der Waals surface area contributed by atoms with E-state index in [4.69, 9.17) is 0 Å². The van der Waals surface area contributed by atoms with E-state index in [1.807, 2.05) is 0 Å². The average Bonchev–Trinajstić information content (AvgIpc) is 2.78. The van der Waals surface area contributed by atoms with Crippen LogP contribution in [0, 0.1) is 0 Å². The minimum atomic E-state index is 0.473. The molecule has 4 nitrogen and oxygen atoms in total. The summed E-state index contributed by atoms with van der Waals surface area (Å²) in [6.45, 7) is 10.2. The van der Waals surface area contributed by atoms with E-state index in [9.17, 15) is 0 Å². The largest absolute Gasteiger partial charge is 0.356 e. The van der Waals surface area contributed by atoms with Crippen LogP contribution in [-0.4, -0.2) is 40.8 Å². The molecular weight excluding hydrogens is 244 g/mol. The molecule has 2 heterocycles. The molecule has 1 N–H and O–H groups in total. The van der Waals surface area contributed by atoms with Gasteiger partial charge >= 0.3 is 0 Å². The summed E-state index contributed by atoms with van der Waals surface area (Å²) in [6.07, 6.45) is 3.77. The zero-order valence-electron chi connectivity index (χ0n) is 11.6. The van der Waals surface area contributed by atoms with Crippen LogP contribution in [-0.2, 0) is 0 Å². The summed E-state index contributed by atoms with van der Waals surface area (Å²) >= 11 is 1.70. The van der Waals surface area contributed by atoms with Gasteiger partial charge in [0.1, 0.15) is 5.01 Å². The van der Waals surface area contributed by atoms with E-state index in [0.29, 0.717) is 12.0 Å². The number of hydrogen-bond donors (Lipinski definition) is 1. The summed E-state index contributed by atoms with van der Waals surface area (Å²) in [5.41, 5.74) is 0. The number of hydrogen-bond acceptors (Lipinski definition) is 5. The predicted octanol–water partition coefficient (Wildman–Crippen LogP) is 2.95. The molecule has 102 valence electrons. The Morgan fingerprint density at radius 1 is 1.44 bits per heavy atom. The van der Waals surface area contributed by atoms with Gasteiger partial charge in [-0.25, -0.2) is 0 Å². The van der Waals surface area contributed by atoms with Crippen LogP contribution < -0.4 is 5.32 Å². The maximum absolute atomic E-state index is 4.24. The van der Waals surface area contributed by atoms with Gasteiger partial charge in [-0.15, -0.1) is 10.2 Å². The molecule has 0 spiro atoms. The Balaban J connectivity index is 1.87. The van der Waals surface area contributed by atoms with E-state index in [2.05, 4.69) is 41.2 Å². The number of rotatable bonds is 5. The van der Waals surface area contributed by atoms with Crippen LogP contribution in [0.5, 0.6) is 0 Å². The topological polar surface area (TPSA) is 41.0 Å². The van der Waals surface area contributed by atoms with Gasteiger partial charge in [-0.1, -0.05) is 32.1 Å². The highest BCUT2D eigenvalue weighted by Gasteiger charge is 2.20. The molecule has 18 heavy (non-hydrogen) atoms. The SMILES string of the molecule is CCCN1CCC[C@H](Nc2nnc(C(C)C)s2)C1. The first-order valence-corrected chi connectivity index (χ1v) is 7.83. The van der Waals surface area contributed by atoms with Gasteiger partial charge in [0.15, 0.2) is 0 Å². The first-order valence-electron chi connectivity index (χ1n) is 7.01. The molecule has 0 aliphatic carbocycles. The molecule has 1 aromatic heterocycles. The van der Waals surface area contributed by atoms with Gasteiger partial charge in [-0.2, -0.15) is 0 Å². The molecule has 1 aliphatic heterocycles. The monoisotopic (exact) mass is 268 g/mol. The number of likely N-dealkylation sites (tertiary alicyclic amines) is 1. The fourth-order valence-corrected chi connectivity index (χ4v) is 3.22. The summed E-state index contributed by atoms with van der Waals surface area (Å²) in [7, 11) is 0. The molecule has 1 saturated heterocycles. The molecule has 0 aromatic carbocycles. The zero-order chi connectivity index (χ0) is 13.0. The van der Waals surface area contributed by atoms with Crippen LogP contribution in [0.2, 0.25) is 0 Å². The lowest BCUT2D eigenvalue weighted by atomic mass is 10.1.